The highest BCUT2D eigenvalue weighted by molar-refractivity contribution is 5.79. The Morgan fingerprint density at radius 1 is 1.12 bits per heavy atom. The Hall–Kier alpha value is -3.01. The van der Waals surface area contributed by atoms with Crippen LogP contribution in [0.5, 0.6) is 17.2 Å². The first-order valence-corrected chi connectivity index (χ1v) is 14.9. The van der Waals surface area contributed by atoms with Gasteiger partial charge in [-0.1, -0.05) is 26.7 Å². The molecule has 3 heterocycles. The quantitative estimate of drug-likeness (QED) is 0.367. The van der Waals surface area contributed by atoms with Crippen LogP contribution in [0.4, 0.5) is 0 Å². The minimum absolute atomic E-state index is 0.0361. The molecule has 3 atom stereocenters. The minimum atomic E-state index is -0.902. The van der Waals surface area contributed by atoms with Gasteiger partial charge < -0.3 is 29.1 Å². The van der Waals surface area contributed by atoms with E-state index in [4.69, 9.17) is 14.2 Å². The lowest BCUT2D eigenvalue weighted by Crippen LogP contribution is -2.46. The molecule has 0 spiro atoms. The van der Waals surface area contributed by atoms with Crippen molar-refractivity contribution in [2.45, 2.75) is 77.2 Å². The second-order valence-corrected chi connectivity index (χ2v) is 11.1. The number of fused-ring (bicyclic) bond motifs is 1. The molecular weight excluding hydrogens is 514 g/mol. The van der Waals surface area contributed by atoms with Gasteiger partial charge in [-0.15, -0.1) is 0 Å². The number of piperidine rings is 1. The molecule has 0 aromatic heterocycles. The van der Waals surface area contributed by atoms with Crippen LogP contribution in [0, 0.1) is 5.92 Å². The standard InChI is InChI=1S/C30H45N3O7/c1-4-6-12-31(13-7-5-2)27(35)19-33-18-22(21-16-24(38-3)29-25(17-21)39-20-40-29)28(30(36)37)23(33)11-15-32-14-9-8-10-26(32)34/h16-17,22-23,28H,4-15,18-20H2,1-3H3,(H,36,37). The van der Waals surface area contributed by atoms with Crippen molar-refractivity contribution in [3.8, 4) is 17.2 Å². The lowest BCUT2D eigenvalue weighted by molar-refractivity contribution is -0.144. The highest BCUT2D eigenvalue weighted by Crippen LogP contribution is 2.47. The van der Waals surface area contributed by atoms with Gasteiger partial charge in [0.15, 0.2) is 11.5 Å². The van der Waals surface area contributed by atoms with Gasteiger partial charge in [-0.05, 0) is 49.8 Å². The fourth-order valence-corrected chi connectivity index (χ4v) is 6.27. The molecule has 222 valence electrons. The van der Waals surface area contributed by atoms with Crippen LogP contribution in [0.2, 0.25) is 0 Å². The molecule has 0 radical (unpaired) electrons. The molecule has 2 amide bonds. The number of rotatable bonds is 14. The van der Waals surface area contributed by atoms with E-state index >= 15 is 0 Å². The predicted molar refractivity (Wildman–Crippen MR) is 150 cm³/mol. The molecule has 3 unspecified atom stereocenters. The van der Waals surface area contributed by atoms with Crippen LogP contribution in [0.3, 0.4) is 0 Å². The number of benzene rings is 1. The van der Waals surface area contributed by atoms with E-state index in [2.05, 4.69) is 13.8 Å². The zero-order valence-corrected chi connectivity index (χ0v) is 24.2. The Kier molecular flexibility index (Phi) is 10.5. The second kappa shape index (κ2) is 14.1. The van der Waals surface area contributed by atoms with E-state index in [1.54, 1.807) is 7.11 Å². The van der Waals surface area contributed by atoms with E-state index in [1.807, 2.05) is 26.8 Å². The molecule has 0 bridgehead atoms. The third kappa shape index (κ3) is 6.82. The van der Waals surface area contributed by atoms with Crippen molar-refractivity contribution in [2.24, 2.45) is 5.92 Å². The second-order valence-electron chi connectivity index (χ2n) is 11.1. The van der Waals surface area contributed by atoms with Crippen molar-refractivity contribution < 1.29 is 33.7 Å². The van der Waals surface area contributed by atoms with E-state index in [0.29, 0.717) is 62.8 Å². The first-order valence-electron chi connectivity index (χ1n) is 14.9. The summed E-state index contributed by atoms with van der Waals surface area (Å²) in [6.07, 6.45) is 6.78. The summed E-state index contributed by atoms with van der Waals surface area (Å²) in [6, 6.07) is 3.28. The molecule has 0 saturated carbocycles. The summed E-state index contributed by atoms with van der Waals surface area (Å²) in [4.78, 5) is 44.8. The zero-order valence-electron chi connectivity index (χ0n) is 24.2. The Labute approximate surface area is 237 Å². The van der Waals surface area contributed by atoms with Gasteiger partial charge in [0.2, 0.25) is 24.4 Å². The number of aliphatic carboxylic acids is 1. The molecule has 10 nitrogen and oxygen atoms in total. The third-order valence-electron chi connectivity index (χ3n) is 8.51. The number of nitrogens with zero attached hydrogens (tertiary/aromatic N) is 3. The number of carbonyl (C=O) groups is 3. The van der Waals surface area contributed by atoms with E-state index < -0.39 is 17.9 Å². The van der Waals surface area contributed by atoms with Gasteiger partial charge >= 0.3 is 5.97 Å². The van der Waals surface area contributed by atoms with Gasteiger partial charge in [0.25, 0.3) is 0 Å². The SMILES string of the molecule is CCCCN(CCCC)C(=O)CN1CC(c2cc(OC)c3c(c2)OCO3)C(C(=O)O)C1CCN1CCCCC1=O. The number of methoxy groups -OCH3 is 1. The normalized spacial score (nSPS) is 22.5. The van der Waals surface area contributed by atoms with Crippen molar-refractivity contribution in [1.29, 1.82) is 0 Å². The lowest BCUT2D eigenvalue weighted by Gasteiger charge is -2.32. The van der Waals surface area contributed by atoms with Gasteiger partial charge in [-0.25, -0.2) is 0 Å². The van der Waals surface area contributed by atoms with Crippen LogP contribution in [0.1, 0.15) is 76.7 Å². The fraction of sp³-hybridized carbons (Fsp3) is 0.700. The van der Waals surface area contributed by atoms with Crippen LogP contribution in [-0.2, 0) is 14.4 Å². The molecular formula is C30H45N3O7. The van der Waals surface area contributed by atoms with Crippen molar-refractivity contribution in [2.75, 3.05) is 53.2 Å². The number of carboxylic acid groups (broad SMARTS) is 1. The molecule has 1 aromatic rings. The van der Waals surface area contributed by atoms with Crippen LogP contribution in [-0.4, -0.2) is 96.8 Å². The highest BCUT2D eigenvalue weighted by Gasteiger charge is 2.48. The third-order valence-corrected chi connectivity index (χ3v) is 8.51. The summed E-state index contributed by atoms with van der Waals surface area (Å²) in [7, 11) is 1.55. The summed E-state index contributed by atoms with van der Waals surface area (Å²) in [5, 5.41) is 10.5. The number of amides is 2. The number of likely N-dealkylation sites (tertiary alicyclic amines) is 2. The molecule has 0 aliphatic carbocycles. The van der Waals surface area contributed by atoms with Gasteiger partial charge in [0.05, 0.1) is 19.6 Å². The van der Waals surface area contributed by atoms with Gasteiger partial charge in [0.1, 0.15) is 0 Å². The molecule has 3 aliphatic rings. The molecule has 40 heavy (non-hydrogen) atoms. The number of unbranched alkanes of at least 4 members (excludes halogenated alkanes) is 2. The summed E-state index contributed by atoms with van der Waals surface area (Å²) < 4.78 is 16.7. The summed E-state index contributed by atoms with van der Waals surface area (Å²) in [6.45, 7) is 7.50. The number of carboxylic acids is 1. The van der Waals surface area contributed by atoms with Gasteiger partial charge in [-0.3, -0.25) is 19.3 Å². The number of carbonyl (C=O) groups excluding carboxylic acids is 2. The number of hydrogen-bond donors (Lipinski definition) is 1. The molecule has 1 aromatic carbocycles. The topological polar surface area (TPSA) is 109 Å². The predicted octanol–water partition coefficient (Wildman–Crippen LogP) is 3.72. The average Bonchev–Trinajstić information content (AvgIpc) is 3.57. The molecule has 3 aliphatic heterocycles. The molecule has 4 rings (SSSR count). The Morgan fingerprint density at radius 3 is 2.52 bits per heavy atom. The first-order chi connectivity index (χ1) is 19.4. The van der Waals surface area contributed by atoms with Crippen molar-refractivity contribution in [1.82, 2.24) is 14.7 Å². The molecule has 1 N–H and O–H groups in total. The van der Waals surface area contributed by atoms with Gasteiger partial charge in [-0.2, -0.15) is 0 Å². The maximum Gasteiger partial charge on any atom is 0.308 e. The molecule has 2 fully saturated rings. The Bertz CT molecular complexity index is 1040. The smallest absolute Gasteiger partial charge is 0.308 e. The molecule has 10 heteroatoms. The Balaban J connectivity index is 1.62. The van der Waals surface area contributed by atoms with Crippen molar-refractivity contribution >= 4 is 17.8 Å². The van der Waals surface area contributed by atoms with Gasteiger partial charge in [0, 0.05) is 51.1 Å². The number of ether oxygens (including phenoxy) is 3. The van der Waals surface area contributed by atoms with E-state index in [1.165, 1.54) is 0 Å². The van der Waals surface area contributed by atoms with E-state index in [0.717, 1.165) is 44.1 Å². The summed E-state index contributed by atoms with van der Waals surface area (Å²) in [5.74, 6) is -0.312. The van der Waals surface area contributed by atoms with E-state index in [9.17, 15) is 19.5 Å². The minimum Gasteiger partial charge on any atom is -0.493 e. The summed E-state index contributed by atoms with van der Waals surface area (Å²) >= 11 is 0. The first kappa shape index (κ1) is 30.0. The monoisotopic (exact) mass is 559 g/mol. The molecule has 2 saturated heterocycles. The zero-order chi connectivity index (χ0) is 28.6. The van der Waals surface area contributed by atoms with Crippen LogP contribution >= 0.6 is 0 Å². The number of hydrogen-bond acceptors (Lipinski definition) is 7. The Morgan fingerprint density at radius 2 is 1.88 bits per heavy atom. The summed E-state index contributed by atoms with van der Waals surface area (Å²) in [5.41, 5.74) is 0.788. The maximum atomic E-state index is 13.6. The van der Waals surface area contributed by atoms with Crippen LogP contribution < -0.4 is 14.2 Å². The lowest BCUT2D eigenvalue weighted by atomic mass is 9.84. The highest BCUT2D eigenvalue weighted by atomic mass is 16.7. The van der Waals surface area contributed by atoms with E-state index in [-0.39, 0.29) is 31.1 Å². The van der Waals surface area contributed by atoms with Crippen LogP contribution in [0.25, 0.3) is 0 Å². The average molecular weight is 560 g/mol. The van der Waals surface area contributed by atoms with Crippen molar-refractivity contribution in [3.05, 3.63) is 17.7 Å². The van der Waals surface area contributed by atoms with Crippen LogP contribution in [0.15, 0.2) is 12.1 Å². The van der Waals surface area contributed by atoms with Crippen molar-refractivity contribution in [3.63, 3.8) is 0 Å². The maximum absolute atomic E-state index is 13.6. The fourth-order valence-electron chi connectivity index (χ4n) is 6.27. The largest absolute Gasteiger partial charge is 0.493 e.